The maximum Gasteiger partial charge on any atom is 0.207 e. The topological polar surface area (TPSA) is 76.4 Å². The first-order chi connectivity index (χ1) is 6.20. The van der Waals surface area contributed by atoms with Crippen LogP contribution in [-0.4, -0.2) is 19.5 Å². The van der Waals surface area contributed by atoms with Crippen molar-refractivity contribution in [3.63, 3.8) is 0 Å². The number of aliphatic hydroxyl groups excluding tert-OH is 1. The lowest BCUT2D eigenvalue weighted by atomic mass is 10.5. The molecule has 6 heteroatoms. The lowest BCUT2D eigenvalue weighted by molar-refractivity contribution is 0.277. The highest BCUT2D eigenvalue weighted by Gasteiger charge is 2.04. The van der Waals surface area contributed by atoms with Crippen molar-refractivity contribution >= 4 is 23.2 Å². The first kappa shape index (κ1) is 8.28. The fourth-order valence-electron chi connectivity index (χ4n) is 1.11. The van der Waals surface area contributed by atoms with E-state index in [1.54, 1.807) is 16.7 Å². The van der Waals surface area contributed by atoms with Gasteiger partial charge in [-0.2, -0.15) is 0 Å². The minimum Gasteiger partial charge on any atom is -0.390 e. The average Bonchev–Trinajstić information content (AvgIpc) is 2.47. The van der Waals surface area contributed by atoms with Gasteiger partial charge in [0.05, 0.1) is 12.3 Å². The Hall–Kier alpha value is -1.33. The molecule has 0 saturated carbocycles. The molecule has 0 aliphatic rings. The Bertz CT molecular complexity index is 453. The Labute approximate surface area is 78.8 Å². The van der Waals surface area contributed by atoms with Crippen molar-refractivity contribution in [3.8, 4) is 0 Å². The Kier molecular flexibility index (Phi) is 1.82. The summed E-state index contributed by atoms with van der Waals surface area (Å²) in [6, 6.07) is 1.58. The zero-order chi connectivity index (χ0) is 9.42. The van der Waals surface area contributed by atoms with Crippen LogP contribution in [0.2, 0.25) is 5.15 Å². The Morgan fingerprint density at radius 1 is 1.54 bits per heavy atom. The van der Waals surface area contributed by atoms with Crippen LogP contribution in [0.5, 0.6) is 0 Å². The number of nitrogens with two attached hydrogens (primary N) is 1. The molecule has 0 bridgehead atoms. The molecule has 0 amide bonds. The van der Waals surface area contributed by atoms with Crippen LogP contribution in [0.3, 0.4) is 0 Å². The largest absolute Gasteiger partial charge is 0.390 e. The summed E-state index contributed by atoms with van der Waals surface area (Å²) in [5.41, 5.74) is 6.69. The zero-order valence-electron chi connectivity index (χ0n) is 6.61. The van der Waals surface area contributed by atoms with Crippen LogP contribution in [0.25, 0.3) is 5.65 Å². The van der Waals surface area contributed by atoms with Gasteiger partial charge in [0.2, 0.25) is 5.95 Å². The number of aliphatic hydroxyl groups is 1. The quantitative estimate of drug-likeness (QED) is 0.653. The van der Waals surface area contributed by atoms with Crippen molar-refractivity contribution < 1.29 is 5.11 Å². The number of hydrogen-bond acceptors (Lipinski definition) is 4. The van der Waals surface area contributed by atoms with E-state index in [1.807, 2.05) is 0 Å². The van der Waals surface area contributed by atoms with Gasteiger partial charge in [0.15, 0.2) is 0 Å². The van der Waals surface area contributed by atoms with E-state index in [1.165, 1.54) is 0 Å². The van der Waals surface area contributed by atoms with E-state index < -0.39 is 0 Å². The highest BCUT2D eigenvalue weighted by Crippen LogP contribution is 2.13. The van der Waals surface area contributed by atoms with E-state index in [2.05, 4.69) is 9.97 Å². The SMILES string of the molecule is Nc1nc(Cl)cc2nc(CO)cn12. The number of nitrogens with zero attached hydrogens (tertiary/aromatic N) is 3. The molecule has 3 N–H and O–H groups in total. The average molecular weight is 199 g/mol. The molecule has 0 spiro atoms. The molecule has 68 valence electrons. The van der Waals surface area contributed by atoms with Crippen molar-refractivity contribution in [2.24, 2.45) is 0 Å². The third kappa shape index (κ3) is 1.32. The van der Waals surface area contributed by atoms with Crippen molar-refractivity contribution in [2.75, 3.05) is 5.73 Å². The van der Waals surface area contributed by atoms with Crippen molar-refractivity contribution in [3.05, 3.63) is 23.1 Å². The second-order valence-electron chi connectivity index (χ2n) is 2.56. The van der Waals surface area contributed by atoms with Crippen molar-refractivity contribution in [1.82, 2.24) is 14.4 Å². The van der Waals surface area contributed by atoms with E-state index in [4.69, 9.17) is 22.4 Å². The standard InChI is InChI=1S/C7H7ClN4O/c8-5-1-6-10-4(3-13)2-12(6)7(9)11-5/h1-2,13H,3H2,(H2,9,11). The third-order valence-electron chi connectivity index (χ3n) is 1.66. The minimum atomic E-state index is -0.126. The summed E-state index contributed by atoms with van der Waals surface area (Å²) in [5, 5.41) is 9.12. The number of anilines is 1. The third-order valence-corrected chi connectivity index (χ3v) is 1.86. The number of rotatable bonds is 1. The highest BCUT2D eigenvalue weighted by atomic mass is 35.5. The number of imidazole rings is 1. The van der Waals surface area contributed by atoms with Gasteiger partial charge in [-0.3, -0.25) is 4.40 Å². The molecular weight excluding hydrogens is 192 g/mol. The van der Waals surface area contributed by atoms with Crippen LogP contribution in [-0.2, 0) is 6.61 Å². The Morgan fingerprint density at radius 3 is 3.00 bits per heavy atom. The molecule has 2 aromatic rings. The van der Waals surface area contributed by atoms with Crippen LogP contribution in [0.4, 0.5) is 5.95 Å². The maximum atomic E-state index is 8.83. The lowest BCUT2D eigenvalue weighted by Crippen LogP contribution is -1.99. The summed E-state index contributed by atoms with van der Waals surface area (Å²) in [7, 11) is 0. The molecule has 0 radical (unpaired) electrons. The molecule has 2 rings (SSSR count). The number of aromatic nitrogens is 3. The van der Waals surface area contributed by atoms with Gasteiger partial charge < -0.3 is 10.8 Å². The summed E-state index contributed by atoms with van der Waals surface area (Å²) < 4.78 is 1.57. The fraction of sp³-hybridized carbons (Fsp3) is 0.143. The van der Waals surface area contributed by atoms with Gasteiger partial charge in [0.1, 0.15) is 10.8 Å². The normalized spacial score (nSPS) is 10.9. The van der Waals surface area contributed by atoms with E-state index in [9.17, 15) is 0 Å². The predicted molar refractivity (Wildman–Crippen MR) is 48.3 cm³/mol. The molecular formula is C7H7ClN4O. The molecule has 2 heterocycles. The van der Waals surface area contributed by atoms with Gasteiger partial charge in [-0.1, -0.05) is 11.6 Å². The highest BCUT2D eigenvalue weighted by molar-refractivity contribution is 6.29. The number of fused-ring (bicyclic) bond motifs is 1. The van der Waals surface area contributed by atoms with Crippen LogP contribution >= 0.6 is 11.6 Å². The van der Waals surface area contributed by atoms with Gasteiger partial charge in [-0.15, -0.1) is 0 Å². The Balaban J connectivity index is 2.75. The molecule has 0 unspecified atom stereocenters. The second-order valence-corrected chi connectivity index (χ2v) is 2.94. The van der Waals surface area contributed by atoms with Crippen LogP contribution < -0.4 is 5.73 Å². The van der Waals surface area contributed by atoms with Gasteiger partial charge in [0.25, 0.3) is 0 Å². The van der Waals surface area contributed by atoms with Crippen LogP contribution in [0.1, 0.15) is 5.69 Å². The number of halogens is 1. The summed E-state index contributed by atoms with van der Waals surface area (Å²) in [4.78, 5) is 7.90. The van der Waals surface area contributed by atoms with Gasteiger partial charge in [-0.25, -0.2) is 9.97 Å². The molecule has 0 atom stereocenters. The first-order valence-corrected chi connectivity index (χ1v) is 3.99. The fourth-order valence-corrected chi connectivity index (χ4v) is 1.29. The number of hydrogen-bond donors (Lipinski definition) is 2. The molecule has 0 aromatic carbocycles. The Morgan fingerprint density at radius 2 is 2.31 bits per heavy atom. The van der Waals surface area contributed by atoms with Crippen LogP contribution in [0.15, 0.2) is 12.3 Å². The zero-order valence-corrected chi connectivity index (χ0v) is 7.36. The molecule has 0 aliphatic heterocycles. The molecule has 0 aliphatic carbocycles. The van der Waals surface area contributed by atoms with E-state index in [0.29, 0.717) is 16.5 Å². The van der Waals surface area contributed by atoms with Crippen LogP contribution in [0, 0.1) is 0 Å². The molecule has 2 aromatic heterocycles. The lowest BCUT2D eigenvalue weighted by Gasteiger charge is -1.97. The van der Waals surface area contributed by atoms with E-state index in [-0.39, 0.29) is 12.6 Å². The molecule has 0 saturated heterocycles. The summed E-state index contributed by atoms with van der Waals surface area (Å²) in [6.07, 6.45) is 1.62. The number of nitrogen functional groups attached to an aromatic ring is 1. The second kappa shape index (κ2) is 2.86. The van der Waals surface area contributed by atoms with Crippen molar-refractivity contribution in [1.29, 1.82) is 0 Å². The summed E-state index contributed by atoms with van der Waals surface area (Å²) in [5.74, 6) is 0.259. The molecule has 13 heavy (non-hydrogen) atoms. The first-order valence-electron chi connectivity index (χ1n) is 3.61. The summed E-state index contributed by atoms with van der Waals surface area (Å²) in [6.45, 7) is -0.126. The van der Waals surface area contributed by atoms with Crippen molar-refractivity contribution in [2.45, 2.75) is 6.61 Å². The van der Waals surface area contributed by atoms with Gasteiger partial charge in [0, 0.05) is 12.3 Å². The summed E-state index contributed by atoms with van der Waals surface area (Å²) >= 11 is 5.67. The maximum absolute atomic E-state index is 8.83. The minimum absolute atomic E-state index is 0.126. The van der Waals surface area contributed by atoms with E-state index in [0.717, 1.165) is 0 Å². The smallest absolute Gasteiger partial charge is 0.207 e. The molecule has 5 nitrogen and oxygen atoms in total. The van der Waals surface area contributed by atoms with Gasteiger partial charge >= 0.3 is 0 Å². The monoisotopic (exact) mass is 198 g/mol. The van der Waals surface area contributed by atoms with E-state index >= 15 is 0 Å². The van der Waals surface area contributed by atoms with Gasteiger partial charge in [-0.05, 0) is 0 Å². The predicted octanol–water partition coefficient (Wildman–Crippen LogP) is 0.457. The molecule has 0 fully saturated rings.